The highest BCUT2D eigenvalue weighted by Crippen LogP contribution is 2.15. The zero-order valence-electron chi connectivity index (χ0n) is 13.8. The number of carbonyl (C=O) groups excluding carboxylic acids is 1. The zero-order chi connectivity index (χ0) is 15.7. The minimum atomic E-state index is -0.136. The Morgan fingerprint density at radius 1 is 1.10 bits per heavy atom. The maximum absolute atomic E-state index is 12.3. The number of Topliss-reactive ketones (excluding diaryl/α,β-unsaturated/α-hetero) is 1. The Labute approximate surface area is 129 Å². The van der Waals surface area contributed by atoms with Crippen LogP contribution in [0, 0.1) is 0 Å². The molecule has 3 heteroatoms. The van der Waals surface area contributed by atoms with E-state index in [1.807, 2.05) is 45.0 Å². The topological polar surface area (TPSA) is 38.3 Å². The molecule has 0 spiro atoms. The number of hydrogen-bond acceptors (Lipinski definition) is 3. The number of ketones is 1. The number of unbranched alkanes of at least 4 members (excludes halogenated alkanes) is 3. The molecule has 3 nitrogen and oxygen atoms in total. The van der Waals surface area contributed by atoms with Crippen molar-refractivity contribution >= 4 is 5.78 Å². The van der Waals surface area contributed by atoms with Gasteiger partial charge in [-0.2, -0.15) is 0 Å². The molecule has 0 radical (unpaired) electrons. The maximum atomic E-state index is 12.3. The first-order valence-electron chi connectivity index (χ1n) is 8.09. The molecule has 118 valence electrons. The Hall–Kier alpha value is -1.35. The normalized spacial score (nSPS) is 12.4. The Kier molecular flexibility index (Phi) is 8.06. The lowest BCUT2D eigenvalue weighted by atomic mass is 10.1. The van der Waals surface area contributed by atoms with E-state index in [1.54, 1.807) is 0 Å². The Morgan fingerprint density at radius 2 is 1.76 bits per heavy atom. The number of benzene rings is 1. The second-order valence-corrected chi connectivity index (χ2v) is 5.79. The van der Waals surface area contributed by atoms with Crippen LogP contribution in [0.2, 0.25) is 0 Å². The summed E-state index contributed by atoms with van der Waals surface area (Å²) in [5.41, 5.74) is 0.736. The molecule has 21 heavy (non-hydrogen) atoms. The van der Waals surface area contributed by atoms with E-state index in [4.69, 9.17) is 4.74 Å². The van der Waals surface area contributed by atoms with E-state index < -0.39 is 0 Å². The third-order valence-electron chi connectivity index (χ3n) is 3.38. The molecule has 1 rings (SSSR count). The van der Waals surface area contributed by atoms with Gasteiger partial charge < -0.3 is 10.1 Å². The molecule has 1 N–H and O–H groups in total. The smallest absolute Gasteiger partial charge is 0.179 e. The Morgan fingerprint density at radius 3 is 2.33 bits per heavy atom. The van der Waals surface area contributed by atoms with Gasteiger partial charge in [0.25, 0.3) is 0 Å². The molecule has 0 aliphatic heterocycles. The van der Waals surface area contributed by atoms with Crippen molar-refractivity contribution in [1.29, 1.82) is 0 Å². The van der Waals surface area contributed by atoms with Crippen molar-refractivity contribution in [1.82, 2.24) is 5.32 Å². The first-order valence-corrected chi connectivity index (χ1v) is 8.09. The van der Waals surface area contributed by atoms with Gasteiger partial charge in [0.15, 0.2) is 5.78 Å². The van der Waals surface area contributed by atoms with Gasteiger partial charge in [0.05, 0.1) is 12.1 Å². The van der Waals surface area contributed by atoms with Gasteiger partial charge in [-0.1, -0.05) is 26.2 Å². The van der Waals surface area contributed by atoms with Crippen LogP contribution in [0.4, 0.5) is 0 Å². The maximum Gasteiger partial charge on any atom is 0.179 e. The first-order chi connectivity index (χ1) is 10.0. The van der Waals surface area contributed by atoms with Gasteiger partial charge in [-0.05, 0) is 58.0 Å². The van der Waals surface area contributed by atoms with E-state index in [-0.39, 0.29) is 17.9 Å². The lowest BCUT2D eigenvalue weighted by molar-refractivity contribution is 0.0951. The van der Waals surface area contributed by atoms with Crippen molar-refractivity contribution in [2.24, 2.45) is 0 Å². The highest BCUT2D eigenvalue weighted by molar-refractivity contribution is 5.99. The quantitative estimate of drug-likeness (QED) is 0.518. The fraction of sp³-hybridized carbons (Fsp3) is 0.611. The van der Waals surface area contributed by atoms with Crippen LogP contribution in [0.25, 0.3) is 0 Å². The van der Waals surface area contributed by atoms with Crippen molar-refractivity contribution in [3.63, 3.8) is 0 Å². The van der Waals surface area contributed by atoms with Crippen molar-refractivity contribution in [3.05, 3.63) is 29.8 Å². The largest absolute Gasteiger partial charge is 0.491 e. The standard InChI is InChI=1S/C18H29NO2/c1-5-6-7-8-13-19-15(4)18(20)16-9-11-17(12-10-16)21-14(2)3/h9-12,14-15,19H,5-8,13H2,1-4H3. The average Bonchev–Trinajstić information content (AvgIpc) is 2.46. The second-order valence-electron chi connectivity index (χ2n) is 5.79. The fourth-order valence-corrected chi connectivity index (χ4v) is 2.18. The minimum absolute atomic E-state index is 0.136. The van der Waals surface area contributed by atoms with Gasteiger partial charge in [-0.3, -0.25) is 4.79 Å². The van der Waals surface area contributed by atoms with Gasteiger partial charge >= 0.3 is 0 Å². The summed E-state index contributed by atoms with van der Waals surface area (Å²) in [6.45, 7) is 9.02. The lowest BCUT2D eigenvalue weighted by Gasteiger charge is -2.14. The molecule has 0 aliphatic carbocycles. The van der Waals surface area contributed by atoms with E-state index in [9.17, 15) is 4.79 Å². The van der Waals surface area contributed by atoms with Crippen molar-refractivity contribution in [2.45, 2.75) is 65.5 Å². The second kappa shape index (κ2) is 9.56. The van der Waals surface area contributed by atoms with Crippen molar-refractivity contribution in [2.75, 3.05) is 6.54 Å². The van der Waals surface area contributed by atoms with Crippen LogP contribution in [0.5, 0.6) is 5.75 Å². The van der Waals surface area contributed by atoms with Crippen LogP contribution >= 0.6 is 0 Å². The molecule has 0 amide bonds. The molecule has 0 fully saturated rings. The zero-order valence-corrected chi connectivity index (χ0v) is 13.8. The predicted octanol–water partition coefficient (Wildman–Crippen LogP) is 4.21. The summed E-state index contributed by atoms with van der Waals surface area (Å²) >= 11 is 0. The van der Waals surface area contributed by atoms with Crippen LogP contribution in [0.15, 0.2) is 24.3 Å². The summed E-state index contributed by atoms with van der Waals surface area (Å²) < 4.78 is 5.58. The molecule has 0 saturated carbocycles. The summed E-state index contributed by atoms with van der Waals surface area (Å²) in [7, 11) is 0. The molecular formula is C18H29NO2. The fourth-order valence-electron chi connectivity index (χ4n) is 2.18. The molecule has 0 aromatic heterocycles. The number of ether oxygens (including phenoxy) is 1. The minimum Gasteiger partial charge on any atom is -0.491 e. The van der Waals surface area contributed by atoms with E-state index >= 15 is 0 Å². The molecule has 0 heterocycles. The van der Waals surface area contributed by atoms with E-state index in [0.717, 1.165) is 24.3 Å². The Bertz CT molecular complexity index is 412. The summed E-state index contributed by atoms with van der Waals surface area (Å²) in [5, 5.41) is 3.31. The van der Waals surface area contributed by atoms with E-state index in [2.05, 4.69) is 12.2 Å². The molecule has 0 saturated heterocycles. The number of hydrogen-bond donors (Lipinski definition) is 1. The van der Waals surface area contributed by atoms with E-state index in [1.165, 1.54) is 19.3 Å². The third kappa shape index (κ3) is 6.76. The summed E-state index contributed by atoms with van der Waals surface area (Å²) in [6.07, 6.45) is 5.01. The number of nitrogens with one attached hydrogen (secondary N) is 1. The van der Waals surface area contributed by atoms with Crippen LogP contribution < -0.4 is 10.1 Å². The summed E-state index contributed by atoms with van der Waals surface area (Å²) in [5.74, 6) is 0.948. The molecule has 1 aromatic carbocycles. The molecule has 1 unspecified atom stereocenters. The molecule has 1 aromatic rings. The SMILES string of the molecule is CCCCCCNC(C)C(=O)c1ccc(OC(C)C)cc1. The number of rotatable bonds is 10. The number of carbonyl (C=O) groups is 1. The molecular weight excluding hydrogens is 262 g/mol. The van der Waals surface area contributed by atoms with Crippen LogP contribution in [-0.2, 0) is 0 Å². The Balaban J connectivity index is 2.42. The highest BCUT2D eigenvalue weighted by Gasteiger charge is 2.14. The first kappa shape index (κ1) is 17.7. The van der Waals surface area contributed by atoms with E-state index in [0.29, 0.717) is 0 Å². The summed E-state index contributed by atoms with van der Waals surface area (Å²) in [6, 6.07) is 7.27. The molecule has 0 aliphatic rings. The average molecular weight is 291 g/mol. The van der Waals surface area contributed by atoms with Gasteiger partial charge in [-0.15, -0.1) is 0 Å². The molecule has 0 bridgehead atoms. The molecule has 1 atom stereocenters. The van der Waals surface area contributed by atoms with Gasteiger partial charge in [-0.25, -0.2) is 0 Å². The van der Waals surface area contributed by atoms with Crippen LogP contribution in [0.3, 0.4) is 0 Å². The van der Waals surface area contributed by atoms with Gasteiger partial charge in [0, 0.05) is 5.56 Å². The lowest BCUT2D eigenvalue weighted by Crippen LogP contribution is -2.34. The van der Waals surface area contributed by atoms with Crippen LogP contribution in [0.1, 0.15) is 63.7 Å². The van der Waals surface area contributed by atoms with Gasteiger partial charge in [0.2, 0.25) is 0 Å². The van der Waals surface area contributed by atoms with Crippen molar-refractivity contribution in [3.8, 4) is 5.75 Å². The van der Waals surface area contributed by atoms with Crippen LogP contribution in [-0.4, -0.2) is 24.5 Å². The van der Waals surface area contributed by atoms with Gasteiger partial charge in [0.1, 0.15) is 5.75 Å². The van der Waals surface area contributed by atoms with Crippen molar-refractivity contribution < 1.29 is 9.53 Å². The monoisotopic (exact) mass is 291 g/mol. The summed E-state index contributed by atoms with van der Waals surface area (Å²) in [4.78, 5) is 12.3. The third-order valence-corrected chi connectivity index (χ3v) is 3.38. The predicted molar refractivity (Wildman–Crippen MR) is 88.1 cm³/mol. The highest BCUT2D eigenvalue weighted by atomic mass is 16.5.